The molecule has 0 bridgehead atoms. The SMILES string of the molecule is CNS(=O)(=O)c1ccc([O-])c(N=Nc2c(C)[nH]n(-c3ccccc3)c2=O)c1.CNS(=O)(=O)c1ccc([O-])c(N=Nc2c([O-])ccc3cccc(NC(C)=O)c23)c1.[Co+2].[Na+]. The average molecular weight is 881 g/mol. The second-order valence-corrected chi connectivity index (χ2v) is 15.4. The van der Waals surface area contributed by atoms with Crippen LogP contribution in [0.15, 0.2) is 132 Å². The molecule has 6 rings (SSSR count). The van der Waals surface area contributed by atoms with Gasteiger partial charge in [-0.1, -0.05) is 71.8 Å². The summed E-state index contributed by atoms with van der Waals surface area (Å²) in [6.45, 7) is 2.98. The molecule has 22 heteroatoms. The van der Waals surface area contributed by atoms with Gasteiger partial charge in [-0.05, 0) is 68.9 Å². The van der Waals surface area contributed by atoms with E-state index in [0.717, 1.165) is 30.3 Å². The number of carbonyl (C=O) groups excluding carboxylic acids is 1. The predicted octanol–water partition coefficient (Wildman–Crippen LogP) is 1.14. The van der Waals surface area contributed by atoms with Crippen molar-refractivity contribution in [1.29, 1.82) is 0 Å². The molecular formula is C36H32CoN9NaO9S2. The number of hydrogen-bond acceptors (Lipinski definition) is 13. The van der Waals surface area contributed by atoms with E-state index in [2.05, 4.69) is 40.3 Å². The molecule has 0 aliphatic heterocycles. The molecule has 5 aromatic carbocycles. The Morgan fingerprint density at radius 1 is 0.690 bits per heavy atom. The van der Waals surface area contributed by atoms with Crippen molar-refractivity contribution in [3.8, 4) is 22.9 Å². The number of hydrogen-bond donors (Lipinski definition) is 4. The van der Waals surface area contributed by atoms with E-state index in [9.17, 15) is 41.7 Å². The molecule has 0 saturated heterocycles. The molecule has 0 aliphatic carbocycles. The Labute approximate surface area is 364 Å². The molecule has 0 spiro atoms. The number of sulfonamides is 2. The van der Waals surface area contributed by atoms with Gasteiger partial charge in [0, 0.05) is 12.3 Å². The van der Waals surface area contributed by atoms with E-state index in [0.29, 0.717) is 27.8 Å². The smallest absolute Gasteiger partial charge is 0.871 e. The Morgan fingerprint density at radius 2 is 1.21 bits per heavy atom. The maximum Gasteiger partial charge on any atom is 2.00 e. The number of aromatic amines is 1. The zero-order valence-electron chi connectivity index (χ0n) is 31.3. The van der Waals surface area contributed by atoms with Gasteiger partial charge in [0.25, 0.3) is 5.56 Å². The third kappa shape index (κ3) is 10.8. The maximum atomic E-state index is 12.6. The van der Waals surface area contributed by atoms with E-state index < -0.39 is 42.9 Å². The van der Waals surface area contributed by atoms with Crippen LogP contribution in [0.2, 0.25) is 0 Å². The summed E-state index contributed by atoms with van der Waals surface area (Å²) in [5, 5.41) is 58.4. The second-order valence-electron chi connectivity index (χ2n) is 11.6. The molecule has 0 aliphatic rings. The van der Waals surface area contributed by atoms with Crippen LogP contribution in [0.25, 0.3) is 16.5 Å². The molecule has 18 nitrogen and oxygen atoms in total. The number of para-hydroxylation sites is 1. The molecule has 1 amide bonds. The molecule has 0 atom stereocenters. The van der Waals surface area contributed by atoms with Gasteiger partial charge in [-0.15, -0.1) is 5.11 Å². The number of azo groups is 2. The summed E-state index contributed by atoms with van der Waals surface area (Å²) in [5.74, 6) is -1.86. The molecule has 6 aromatic rings. The molecule has 4 N–H and O–H groups in total. The van der Waals surface area contributed by atoms with Gasteiger partial charge < -0.3 is 20.6 Å². The molecule has 1 heterocycles. The minimum atomic E-state index is -3.78. The van der Waals surface area contributed by atoms with Crippen LogP contribution in [0.1, 0.15) is 12.6 Å². The Kier molecular flexibility index (Phi) is 16.2. The van der Waals surface area contributed by atoms with E-state index in [-0.39, 0.29) is 84.8 Å². The van der Waals surface area contributed by atoms with Crippen molar-refractivity contribution in [1.82, 2.24) is 19.2 Å². The number of benzene rings is 5. The number of anilines is 1. The molecule has 297 valence electrons. The van der Waals surface area contributed by atoms with Crippen LogP contribution in [-0.4, -0.2) is 46.6 Å². The van der Waals surface area contributed by atoms with Crippen LogP contribution in [0.3, 0.4) is 0 Å². The van der Waals surface area contributed by atoms with Crippen LogP contribution >= 0.6 is 0 Å². The third-order valence-electron chi connectivity index (χ3n) is 7.88. The van der Waals surface area contributed by atoms with E-state index in [4.69, 9.17) is 0 Å². The molecule has 0 fully saturated rings. The topological polar surface area (TPSA) is 278 Å². The summed E-state index contributed by atoms with van der Waals surface area (Å²) in [7, 11) is -5.01. The van der Waals surface area contributed by atoms with Crippen molar-refractivity contribution in [3.05, 3.63) is 113 Å². The summed E-state index contributed by atoms with van der Waals surface area (Å²) in [6, 6.07) is 23.5. The molecule has 1 radical (unpaired) electrons. The number of aryl methyl sites for hydroxylation is 1. The summed E-state index contributed by atoms with van der Waals surface area (Å²) in [4.78, 5) is 23.8. The van der Waals surface area contributed by atoms with Crippen molar-refractivity contribution in [3.63, 3.8) is 0 Å². The number of H-pyrrole nitrogens is 1. The quantitative estimate of drug-likeness (QED) is 0.113. The summed E-state index contributed by atoms with van der Waals surface area (Å²) >= 11 is 0. The van der Waals surface area contributed by atoms with E-state index in [1.807, 2.05) is 6.07 Å². The van der Waals surface area contributed by atoms with E-state index >= 15 is 0 Å². The largest absolute Gasteiger partial charge is 2.00 e. The molecule has 1 aromatic heterocycles. The van der Waals surface area contributed by atoms with Crippen LogP contribution in [0, 0.1) is 6.92 Å². The average Bonchev–Trinajstić information content (AvgIpc) is 3.46. The van der Waals surface area contributed by atoms with Gasteiger partial charge in [-0.25, -0.2) is 31.0 Å². The van der Waals surface area contributed by atoms with Crippen molar-refractivity contribution in [2.24, 2.45) is 20.5 Å². The fraction of sp³-hybridized carbons (Fsp3) is 0.111. The molecule has 58 heavy (non-hydrogen) atoms. The zero-order valence-corrected chi connectivity index (χ0v) is 36.0. The Bertz CT molecular complexity index is 2800. The summed E-state index contributed by atoms with van der Waals surface area (Å²) in [6.07, 6.45) is 0. The van der Waals surface area contributed by atoms with Gasteiger partial charge in [-0.2, -0.15) is 15.3 Å². The van der Waals surface area contributed by atoms with Gasteiger partial charge in [-0.3, -0.25) is 14.7 Å². The fourth-order valence-corrected chi connectivity index (χ4v) is 6.58. The van der Waals surface area contributed by atoms with Crippen molar-refractivity contribution in [2.45, 2.75) is 23.6 Å². The first kappa shape index (κ1) is 47.1. The van der Waals surface area contributed by atoms with Gasteiger partial charge in [0.05, 0.1) is 43.9 Å². The first-order valence-corrected chi connectivity index (χ1v) is 19.2. The number of nitrogens with one attached hydrogen (secondary N) is 4. The number of aromatic nitrogens is 2. The normalized spacial score (nSPS) is 11.4. The van der Waals surface area contributed by atoms with Gasteiger partial charge in [0.2, 0.25) is 26.0 Å². The minimum Gasteiger partial charge on any atom is -0.871 e. The van der Waals surface area contributed by atoms with Crippen molar-refractivity contribution >= 4 is 65.2 Å². The van der Waals surface area contributed by atoms with Gasteiger partial charge in [0.15, 0.2) is 5.69 Å². The minimum absolute atomic E-state index is 0. The number of rotatable bonds is 10. The third-order valence-corrected chi connectivity index (χ3v) is 10.7. The fourth-order valence-electron chi connectivity index (χ4n) is 5.08. The number of fused-ring (bicyclic) bond motifs is 1. The van der Waals surface area contributed by atoms with Crippen LogP contribution in [-0.2, 0) is 41.6 Å². The number of amides is 1. The Balaban J connectivity index is 0.000000301. The molecule has 0 saturated carbocycles. The van der Waals surface area contributed by atoms with Crippen LogP contribution in [0.5, 0.6) is 17.2 Å². The van der Waals surface area contributed by atoms with Gasteiger partial charge >= 0.3 is 46.3 Å². The van der Waals surface area contributed by atoms with Crippen molar-refractivity contribution < 1.29 is 83.3 Å². The second kappa shape index (κ2) is 20.0. The summed E-state index contributed by atoms with van der Waals surface area (Å²) < 4.78 is 53.2. The number of nitrogens with zero attached hydrogens (tertiary/aromatic N) is 5. The Morgan fingerprint density at radius 3 is 1.72 bits per heavy atom. The number of carbonyl (C=O) groups is 1. The van der Waals surface area contributed by atoms with Gasteiger partial charge in [0.1, 0.15) is 0 Å². The first-order valence-electron chi connectivity index (χ1n) is 16.3. The maximum absolute atomic E-state index is 12.6. The van der Waals surface area contributed by atoms with Crippen LogP contribution in [0.4, 0.5) is 28.4 Å². The van der Waals surface area contributed by atoms with E-state index in [1.165, 1.54) is 37.8 Å². The monoisotopic (exact) mass is 880 g/mol. The Hall–Kier alpha value is -5.23. The first-order chi connectivity index (χ1) is 26.6. The zero-order chi connectivity index (χ0) is 40.8. The summed E-state index contributed by atoms with van der Waals surface area (Å²) in [5.41, 5.74) is 0.544. The van der Waals surface area contributed by atoms with Crippen molar-refractivity contribution in [2.75, 3.05) is 19.4 Å². The molecular weight excluding hydrogens is 849 g/mol. The van der Waals surface area contributed by atoms with E-state index in [1.54, 1.807) is 55.5 Å². The molecule has 0 unspecified atom stereocenters. The van der Waals surface area contributed by atoms with Crippen LogP contribution < -0.4 is 65.2 Å². The standard InChI is InChI=1S/C19H18N4O5S.C17H17N5O4S.Co.Na/c1-11(24)21-14-5-3-4-12-6-8-17(26)19(18(12)14)23-22-15-10-13(7-9-16(15)25)29(27,28)20-2;1-11-16(17(24)22(21-11)12-6-4-3-5-7-12)20-19-14-10-13(8-9-15(14)23)27(25,26)18-2;;/h3-10,20,25-26H,1-2H3,(H,21,24);3-10,18,21,23H,1-2H3;;/q;;+2;+1/p-3. The predicted molar refractivity (Wildman–Crippen MR) is 201 cm³/mol.